The third-order valence-electron chi connectivity index (χ3n) is 3.23. The van der Waals surface area contributed by atoms with Gasteiger partial charge in [-0.3, -0.25) is 4.79 Å². The molecule has 0 aliphatic heterocycles. The minimum Gasteiger partial charge on any atom is -0.319 e. The summed E-state index contributed by atoms with van der Waals surface area (Å²) < 4.78 is 16.1. The number of aryl methyl sites for hydroxylation is 2. The first-order valence-corrected chi connectivity index (χ1v) is 7.27. The Balaban J connectivity index is 2.11. The van der Waals surface area contributed by atoms with Crippen molar-refractivity contribution in [1.82, 2.24) is 4.57 Å². The van der Waals surface area contributed by atoms with Crippen LogP contribution in [0.4, 0.5) is 4.39 Å². The van der Waals surface area contributed by atoms with E-state index in [1.165, 1.54) is 29.5 Å². The van der Waals surface area contributed by atoms with Gasteiger partial charge in [-0.05, 0) is 42.8 Å². The molecular weight excluding hydrogens is 287 g/mol. The molecule has 21 heavy (non-hydrogen) atoms. The molecule has 0 aliphatic rings. The zero-order chi connectivity index (χ0) is 15.0. The van der Waals surface area contributed by atoms with Gasteiger partial charge >= 0.3 is 0 Å². The monoisotopic (exact) mass is 300 g/mol. The topological polar surface area (TPSA) is 34.4 Å². The number of amides is 1. The fourth-order valence-corrected chi connectivity index (χ4v) is 3.24. The molecule has 3 aromatic rings. The van der Waals surface area contributed by atoms with Crippen LogP contribution < -0.4 is 4.80 Å². The van der Waals surface area contributed by atoms with Crippen LogP contribution in [0, 0.1) is 12.7 Å². The van der Waals surface area contributed by atoms with Gasteiger partial charge in [0.1, 0.15) is 5.82 Å². The Bertz CT molecular complexity index is 908. The largest absolute Gasteiger partial charge is 0.319 e. The van der Waals surface area contributed by atoms with E-state index in [0.717, 1.165) is 15.8 Å². The van der Waals surface area contributed by atoms with Crippen LogP contribution in [0.1, 0.15) is 15.9 Å². The highest BCUT2D eigenvalue weighted by Gasteiger charge is 2.08. The van der Waals surface area contributed by atoms with Crippen LogP contribution in [0.15, 0.2) is 47.5 Å². The third kappa shape index (κ3) is 2.64. The van der Waals surface area contributed by atoms with Crippen molar-refractivity contribution in [3.8, 4) is 0 Å². The summed E-state index contributed by atoms with van der Waals surface area (Å²) in [7, 11) is 1.87. The molecule has 1 aromatic heterocycles. The van der Waals surface area contributed by atoms with Gasteiger partial charge in [-0.15, -0.1) is 0 Å². The molecule has 2 aromatic carbocycles. The summed E-state index contributed by atoms with van der Waals surface area (Å²) in [4.78, 5) is 16.8. The Morgan fingerprint density at radius 1 is 1.24 bits per heavy atom. The second-order valence-corrected chi connectivity index (χ2v) is 5.85. The van der Waals surface area contributed by atoms with Crippen LogP contribution in [-0.4, -0.2) is 10.5 Å². The van der Waals surface area contributed by atoms with E-state index in [1.54, 1.807) is 6.07 Å². The molecule has 0 N–H and O–H groups in total. The van der Waals surface area contributed by atoms with Gasteiger partial charge in [0.2, 0.25) is 0 Å². The first-order valence-electron chi connectivity index (χ1n) is 6.45. The van der Waals surface area contributed by atoms with Gasteiger partial charge in [-0.25, -0.2) is 4.39 Å². The molecular formula is C16H13FN2OS. The number of thiazole rings is 1. The number of fused-ring (bicyclic) bond motifs is 1. The number of aromatic nitrogens is 1. The summed E-state index contributed by atoms with van der Waals surface area (Å²) in [5.74, 6) is -0.874. The van der Waals surface area contributed by atoms with Crippen molar-refractivity contribution in [1.29, 1.82) is 0 Å². The van der Waals surface area contributed by atoms with Crippen molar-refractivity contribution in [2.24, 2.45) is 12.0 Å². The molecule has 0 radical (unpaired) electrons. The number of nitrogens with zero attached hydrogens (tertiary/aromatic N) is 2. The molecule has 0 fully saturated rings. The summed E-state index contributed by atoms with van der Waals surface area (Å²) >= 11 is 1.45. The predicted molar refractivity (Wildman–Crippen MR) is 81.8 cm³/mol. The lowest BCUT2D eigenvalue weighted by molar-refractivity contribution is 0.0997. The van der Waals surface area contributed by atoms with Gasteiger partial charge in [0.05, 0.1) is 10.2 Å². The molecule has 0 aliphatic carbocycles. The molecule has 1 amide bonds. The van der Waals surface area contributed by atoms with Crippen molar-refractivity contribution >= 4 is 27.5 Å². The summed E-state index contributed by atoms with van der Waals surface area (Å²) in [6, 6.07) is 11.7. The van der Waals surface area contributed by atoms with Gasteiger partial charge in [-0.2, -0.15) is 4.99 Å². The Morgan fingerprint density at radius 2 is 2.05 bits per heavy atom. The SMILES string of the molecule is Cc1ccc2c(c1)sc(=NC(=O)c1cccc(F)c1)n2C. The van der Waals surface area contributed by atoms with Crippen molar-refractivity contribution in [2.45, 2.75) is 6.92 Å². The predicted octanol–water partition coefficient (Wildman–Crippen LogP) is 3.43. The Kier molecular flexibility index (Phi) is 3.43. The summed E-state index contributed by atoms with van der Waals surface area (Å²) in [6.45, 7) is 2.02. The first-order chi connectivity index (χ1) is 10.0. The van der Waals surface area contributed by atoms with Gasteiger partial charge in [0.25, 0.3) is 5.91 Å². The van der Waals surface area contributed by atoms with Crippen molar-refractivity contribution < 1.29 is 9.18 Å². The van der Waals surface area contributed by atoms with Crippen LogP contribution >= 0.6 is 11.3 Å². The van der Waals surface area contributed by atoms with Crippen LogP contribution in [0.5, 0.6) is 0 Å². The molecule has 3 rings (SSSR count). The zero-order valence-electron chi connectivity index (χ0n) is 11.6. The number of carbonyl (C=O) groups is 1. The van der Waals surface area contributed by atoms with Gasteiger partial charge in [-0.1, -0.05) is 23.5 Å². The summed E-state index contributed by atoms with van der Waals surface area (Å²) in [6.07, 6.45) is 0. The second kappa shape index (κ2) is 5.26. The number of hydrogen-bond acceptors (Lipinski definition) is 2. The van der Waals surface area contributed by atoms with E-state index in [2.05, 4.69) is 11.1 Å². The molecule has 0 saturated carbocycles. The second-order valence-electron chi connectivity index (χ2n) is 4.84. The zero-order valence-corrected chi connectivity index (χ0v) is 12.4. The van der Waals surface area contributed by atoms with E-state index in [0.29, 0.717) is 4.80 Å². The summed E-state index contributed by atoms with van der Waals surface area (Å²) in [5, 5.41) is 0. The number of halogens is 1. The van der Waals surface area contributed by atoms with E-state index in [9.17, 15) is 9.18 Å². The molecule has 0 bridgehead atoms. The molecule has 1 heterocycles. The van der Waals surface area contributed by atoms with Crippen LogP contribution in [-0.2, 0) is 7.05 Å². The molecule has 106 valence electrons. The quantitative estimate of drug-likeness (QED) is 0.678. The highest BCUT2D eigenvalue weighted by molar-refractivity contribution is 7.16. The molecule has 0 atom stereocenters. The van der Waals surface area contributed by atoms with Crippen molar-refractivity contribution in [3.63, 3.8) is 0 Å². The molecule has 0 saturated heterocycles. The van der Waals surface area contributed by atoms with E-state index in [4.69, 9.17) is 0 Å². The fraction of sp³-hybridized carbons (Fsp3) is 0.125. The maximum atomic E-state index is 13.2. The fourth-order valence-electron chi connectivity index (χ4n) is 2.12. The first kappa shape index (κ1) is 13.7. The number of hydrogen-bond donors (Lipinski definition) is 0. The molecule has 0 unspecified atom stereocenters. The standard InChI is InChI=1S/C16H13FN2OS/c1-10-6-7-13-14(8-10)21-16(19(13)2)18-15(20)11-4-3-5-12(17)9-11/h3-9H,1-2H3. The average molecular weight is 300 g/mol. The minimum atomic E-state index is -0.438. The normalized spacial score (nSPS) is 12.0. The average Bonchev–Trinajstić information content (AvgIpc) is 2.74. The lowest BCUT2D eigenvalue weighted by atomic mass is 10.2. The number of carbonyl (C=O) groups excluding carboxylic acids is 1. The van der Waals surface area contributed by atoms with Crippen LogP contribution in [0.2, 0.25) is 0 Å². The van der Waals surface area contributed by atoms with E-state index >= 15 is 0 Å². The van der Waals surface area contributed by atoms with Crippen molar-refractivity contribution in [2.75, 3.05) is 0 Å². The molecule has 3 nitrogen and oxygen atoms in total. The Labute approximate surface area is 125 Å². The maximum absolute atomic E-state index is 13.2. The minimum absolute atomic E-state index is 0.253. The van der Waals surface area contributed by atoms with Crippen molar-refractivity contribution in [3.05, 3.63) is 64.2 Å². The maximum Gasteiger partial charge on any atom is 0.279 e. The highest BCUT2D eigenvalue weighted by atomic mass is 32.1. The number of benzene rings is 2. The highest BCUT2D eigenvalue weighted by Crippen LogP contribution is 2.18. The molecule has 0 spiro atoms. The summed E-state index contributed by atoms with van der Waals surface area (Å²) in [5.41, 5.74) is 2.44. The van der Waals surface area contributed by atoms with Gasteiger partial charge in [0, 0.05) is 12.6 Å². The smallest absolute Gasteiger partial charge is 0.279 e. The van der Waals surface area contributed by atoms with E-state index in [1.807, 2.05) is 30.7 Å². The molecule has 5 heteroatoms. The van der Waals surface area contributed by atoms with Crippen LogP contribution in [0.3, 0.4) is 0 Å². The van der Waals surface area contributed by atoms with Gasteiger partial charge < -0.3 is 4.57 Å². The third-order valence-corrected chi connectivity index (χ3v) is 4.33. The lowest BCUT2D eigenvalue weighted by Gasteiger charge is -1.97. The Morgan fingerprint density at radius 3 is 2.81 bits per heavy atom. The Hall–Kier alpha value is -2.27. The van der Waals surface area contributed by atoms with Gasteiger partial charge in [0.15, 0.2) is 4.80 Å². The van der Waals surface area contributed by atoms with E-state index in [-0.39, 0.29) is 5.56 Å². The van der Waals surface area contributed by atoms with Crippen LogP contribution in [0.25, 0.3) is 10.2 Å². The lowest BCUT2D eigenvalue weighted by Crippen LogP contribution is -2.13. The van der Waals surface area contributed by atoms with E-state index < -0.39 is 11.7 Å². The number of rotatable bonds is 1.